The van der Waals surface area contributed by atoms with Gasteiger partial charge in [0, 0.05) is 19.5 Å². The average molecular weight is 317 g/mol. The topological polar surface area (TPSA) is 60.6 Å². The summed E-state index contributed by atoms with van der Waals surface area (Å²) in [6.07, 6.45) is 1.75. The summed E-state index contributed by atoms with van der Waals surface area (Å²) < 4.78 is 16.2. The number of ether oxygens (including phenoxy) is 2. The minimum absolute atomic E-state index is 0.101. The fourth-order valence-corrected chi connectivity index (χ4v) is 2.97. The zero-order valence-corrected chi connectivity index (χ0v) is 14.1. The van der Waals surface area contributed by atoms with E-state index in [9.17, 15) is 0 Å². The number of hydrogen-bond acceptors (Lipinski definition) is 6. The summed E-state index contributed by atoms with van der Waals surface area (Å²) in [5.41, 5.74) is 2.57. The first-order chi connectivity index (χ1) is 11.2. The number of hydrogen-bond donors (Lipinski definition) is 0. The molecule has 6 heteroatoms. The van der Waals surface area contributed by atoms with Crippen molar-refractivity contribution in [3.63, 3.8) is 0 Å². The Hall–Kier alpha value is -2.08. The van der Waals surface area contributed by atoms with Crippen molar-refractivity contribution in [3.8, 4) is 11.5 Å². The van der Waals surface area contributed by atoms with E-state index in [2.05, 4.69) is 34.1 Å². The Morgan fingerprint density at radius 3 is 2.52 bits per heavy atom. The van der Waals surface area contributed by atoms with E-state index in [1.807, 2.05) is 6.92 Å². The molecule has 0 spiro atoms. The first kappa shape index (κ1) is 15.8. The highest BCUT2D eigenvalue weighted by atomic mass is 16.5. The Morgan fingerprint density at radius 2 is 1.91 bits per heavy atom. The Kier molecular flexibility index (Phi) is 4.52. The number of rotatable bonds is 5. The summed E-state index contributed by atoms with van der Waals surface area (Å²) in [4.78, 5) is 6.81. The first-order valence-corrected chi connectivity index (χ1v) is 7.96. The van der Waals surface area contributed by atoms with Crippen LogP contribution in [0.5, 0.6) is 11.5 Å². The van der Waals surface area contributed by atoms with E-state index < -0.39 is 0 Å². The maximum atomic E-state index is 5.42. The van der Waals surface area contributed by atoms with Crippen LogP contribution in [-0.4, -0.2) is 35.8 Å². The van der Waals surface area contributed by atoms with Crippen molar-refractivity contribution in [2.75, 3.05) is 20.8 Å². The van der Waals surface area contributed by atoms with E-state index in [0.717, 1.165) is 43.3 Å². The van der Waals surface area contributed by atoms with Gasteiger partial charge in [0.1, 0.15) is 0 Å². The highest BCUT2D eigenvalue weighted by molar-refractivity contribution is 5.48. The van der Waals surface area contributed by atoms with E-state index in [0.29, 0.717) is 5.89 Å². The van der Waals surface area contributed by atoms with Crippen molar-refractivity contribution >= 4 is 0 Å². The summed E-state index contributed by atoms with van der Waals surface area (Å²) in [5.74, 6) is 3.01. The lowest BCUT2D eigenvalue weighted by molar-refractivity contribution is 0.157. The number of methoxy groups -OCH3 is 2. The monoisotopic (exact) mass is 317 g/mol. The molecule has 0 N–H and O–H groups in total. The molecule has 2 aromatic rings. The second kappa shape index (κ2) is 6.58. The van der Waals surface area contributed by atoms with E-state index in [1.165, 1.54) is 11.1 Å². The first-order valence-electron chi connectivity index (χ1n) is 7.96. The molecule has 23 heavy (non-hydrogen) atoms. The molecule has 0 saturated carbocycles. The molecule has 0 amide bonds. The zero-order valence-electron chi connectivity index (χ0n) is 14.1. The predicted molar refractivity (Wildman–Crippen MR) is 85.8 cm³/mol. The van der Waals surface area contributed by atoms with Gasteiger partial charge < -0.3 is 14.0 Å². The van der Waals surface area contributed by atoms with Crippen LogP contribution in [0.1, 0.15) is 42.7 Å². The summed E-state index contributed by atoms with van der Waals surface area (Å²) in [6.45, 7) is 5.92. The largest absolute Gasteiger partial charge is 0.493 e. The summed E-state index contributed by atoms with van der Waals surface area (Å²) in [7, 11) is 3.33. The summed E-state index contributed by atoms with van der Waals surface area (Å²) >= 11 is 0. The van der Waals surface area contributed by atoms with E-state index in [4.69, 9.17) is 14.0 Å². The van der Waals surface area contributed by atoms with Crippen molar-refractivity contribution in [1.82, 2.24) is 15.0 Å². The molecule has 1 aliphatic heterocycles. The van der Waals surface area contributed by atoms with Gasteiger partial charge in [-0.15, -0.1) is 0 Å². The van der Waals surface area contributed by atoms with Crippen LogP contribution in [-0.2, 0) is 19.4 Å². The van der Waals surface area contributed by atoms with Crippen LogP contribution in [0.4, 0.5) is 0 Å². The molecular weight excluding hydrogens is 294 g/mol. The van der Waals surface area contributed by atoms with Crippen molar-refractivity contribution < 1.29 is 14.0 Å². The fraction of sp³-hybridized carbons (Fsp3) is 0.529. The molecule has 2 heterocycles. The number of fused-ring (bicyclic) bond motifs is 1. The molecule has 0 aliphatic carbocycles. The highest BCUT2D eigenvalue weighted by Gasteiger charge is 2.26. The van der Waals surface area contributed by atoms with Crippen LogP contribution < -0.4 is 9.47 Å². The molecule has 1 aromatic heterocycles. The minimum atomic E-state index is 0.101. The van der Waals surface area contributed by atoms with Gasteiger partial charge in [-0.2, -0.15) is 4.98 Å². The number of aryl methyl sites for hydroxylation is 1. The Balaban J connectivity index is 1.81. The third-order valence-electron chi connectivity index (χ3n) is 4.45. The van der Waals surface area contributed by atoms with Crippen molar-refractivity contribution in [2.24, 2.45) is 0 Å². The molecule has 0 radical (unpaired) electrons. The third kappa shape index (κ3) is 3.03. The van der Waals surface area contributed by atoms with Gasteiger partial charge >= 0.3 is 0 Å². The van der Waals surface area contributed by atoms with Gasteiger partial charge in [-0.05, 0) is 36.6 Å². The molecule has 0 bridgehead atoms. The Labute approximate surface area is 136 Å². The normalized spacial score (nSPS) is 16.0. The fourth-order valence-electron chi connectivity index (χ4n) is 2.97. The second-order valence-corrected chi connectivity index (χ2v) is 5.77. The number of aromatic nitrogens is 2. The van der Waals surface area contributed by atoms with Crippen molar-refractivity contribution in [1.29, 1.82) is 0 Å². The van der Waals surface area contributed by atoms with Gasteiger partial charge in [-0.3, -0.25) is 4.90 Å². The van der Waals surface area contributed by atoms with Crippen LogP contribution in [0.15, 0.2) is 16.7 Å². The molecule has 1 aromatic carbocycles. The molecule has 0 fully saturated rings. The maximum Gasteiger partial charge on any atom is 0.243 e. The molecule has 1 aliphatic rings. The maximum absolute atomic E-state index is 5.42. The SMILES string of the molecule is CCc1noc([C@H](C)N2CCc3cc(OC)c(OC)cc3C2)n1. The lowest BCUT2D eigenvalue weighted by Gasteiger charge is -2.32. The van der Waals surface area contributed by atoms with Gasteiger partial charge in [0.15, 0.2) is 17.3 Å². The quantitative estimate of drug-likeness (QED) is 0.845. The Bertz CT molecular complexity index is 684. The van der Waals surface area contributed by atoms with Crippen molar-refractivity contribution in [2.45, 2.75) is 39.3 Å². The minimum Gasteiger partial charge on any atom is -0.493 e. The van der Waals surface area contributed by atoms with Crippen LogP contribution in [0.2, 0.25) is 0 Å². The molecule has 0 unspecified atom stereocenters. The van der Waals surface area contributed by atoms with Crippen LogP contribution in [0.25, 0.3) is 0 Å². The van der Waals surface area contributed by atoms with E-state index in [-0.39, 0.29) is 6.04 Å². The van der Waals surface area contributed by atoms with Gasteiger partial charge in [0.25, 0.3) is 0 Å². The highest BCUT2D eigenvalue weighted by Crippen LogP contribution is 2.35. The number of nitrogens with zero attached hydrogens (tertiary/aromatic N) is 3. The molecule has 124 valence electrons. The lowest BCUT2D eigenvalue weighted by Crippen LogP contribution is -2.33. The van der Waals surface area contributed by atoms with Crippen molar-refractivity contribution in [3.05, 3.63) is 35.0 Å². The molecular formula is C17H23N3O3. The standard InChI is InChI=1S/C17H23N3O3/c1-5-16-18-17(23-19-16)11(2)20-7-6-12-8-14(21-3)15(22-4)9-13(12)10-20/h8-9,11H,5-7,10H2,1-4H3/t11-/m0/s1. The van der Waals surface area contributed by atoms with Gasteiger partial charge in [-0.1, -0.05) is 12.1 Å². The average Bonchev–Trinajstić information content (AvgIpc) is 3.08. The Morgan fingerprint density at radius 1 is 1.22 bits per heavy atom. The third-order valence-corrected chi connectivity index (χ3v) is 4.45. The van der Waals surface area contributed by atoms with E-state index in [1.54, 1.807) is 14.2 Å². The number of benzene rings is 1. The second-order valence-electron chi connectivity index (χ2n) is 5.77. The molecule has 1 atom stereocenters. The molecule has 0 saturated heterocycles. The summed E-state index contributed by atoms with van der Waals surface area (Å²) in [5, 5.41) is 4.00. The molecule has 3 rings (SSSR count). The van der Waals surface area contributed by atoms with Gasteiger partial charge in [0.05, 0.1) is 20.3 Å². The van der Waals surface area contributed by atoms with Crippen LogP contribution >= 0.6 is 0 Å². The van der Waals surface area contributed by atoms with Gasteiger partial charge in [0.2, 0.25) is 5.89 Å². The van der Waals surface area contributed by atoms with Crippen LogP contribution in [0, 0.1) is 0 Å². The zero-order chi connectivity index (χ0) is 16.4. The van der Waals surface area contributed by atoms with E-state index >= 15 is 0 Å². The smallest absolute Gasteiger partial charge is 0.243 e. The van der Waals surface area contributed by atoms with Gasteiger partial charge in [-0.25, -0.2) is 0 Å². The molecule has 6 nitrogen and oxygen atoms in total. The lowest BCUT2D eigenvalue weighted by atomic mass is 9.97. The van der Waals surface area contributed by atoms with Crippen LogP contribution in [0.3, 0.4) is 0 Å². The predicted octanol–water partition coefficient (Wildman–Crippen LogP) is 2.77. The summed E-state index contributed by atoms with van der Waals surface area (Å²) in [6, 6.07) is 4.25.